The van der Waals surface area contributed by atoms with Gasteiger partial charge in [0, 0.05) is 24.6 Å². The van der Waals surface area contributed by atoms with Gasteiger partial charge in [0.25, 0.3) is 5.91 Å². The van der Waals surface area contributed by atoms with Crippen molar-refractivity contribution in [3.05, 3.63) is 22.7 Å². The van der Waals surface area contributed by atoms with Crippen LogP contribution >= 0.6 is 11.6 Å². The number of unbranched alkanes of at least 4 members (excludes halogenated alkanes) is 1. The number of amides is 1. The predicted molar refractivity (Wildman–Crippen MR) is 107 cm³/mol. The summed E-state index contributed by atoms with van der Waals surface area (Å²) < 4.78 is 22.7. The molecule has 0 radical (unpaired) electrons. The largest absolute Gasteiger partial charge is 0.490 e. The van der Waals surface area contributed by atoms with E-state index in [-0.39, 0.29) is 12.2 Å². The summed E-state index contributed by atoms with van der Waals surface area (Å²) in [5.41, 5.74) is 0.531. The lowest BCUT2D eigenvalue weighted by molar-refractivity contribution is -0.0956. The molecule has 0 N–H and O–H groups in total. The van der Waals surface area contributed by atoms with E-state index in [1.165, 1.54) is 0 Å². The Balaban J connectivity index is 1.67. The molecule has 2 aliphatic rings. The highest BCUT2D eigenvalue weighted by molar-refractivity contribution is 6.32. The first kappa shape index (κ1) is 21.2. The topological polar surface area (TPSA) is 57.2 Å². The van der Waals surface area contributed by atoms with Crippen molar-refractivity contribution in [1.29, 1.82) is 0 Å². The average Bonchev–Trinajstić information content (AvgIpc) is 3.24. The molecule has 2 aliphatic heterocycles. The second-order valence-corrected chi connectivity index (χ2v) is 7.57. The molecule has 0 aromatic heterocycles. The normalized spacial score (nSPS) is 18.5. The van der Waals surface area contributed by atoms with Crippen molar-refractivity contribution in [3.63, 3.8) is 0 Å². The highest BCUT2D eigenvalue weighted by Gasteiger charge is 2.32. The van der Waals surface area contributed by atoms with Gasteiger partial charge in [-0.2, -0.15) is 0 Å². The van der Waals surface area contributed by atoms with E-state index in [1.54, 1.807) is 12.1 Å². The zero-order valence-corrected chi connectivity index (χ0v) is 17.5. The van der Waals surface area contributed by atoms with Gasteiger partial charge in [-0.15, -0.1) is 0 Å². The number of benzene rings is 1. The minimum Gasteiger partial charge on any atom is -0.490 e. The van der Waals surface area contributed by atoms with Crippen LogP contribution < -0.4 is 9.47 Å². The van der Waals surface area contributed by atoms with Gasteiger partial charge in [0.1, 0.15) is 0 Å². The van der Waals surface area contributed by atoms with E-state index in [4.69, 9.17) is 30.5 Å². The lowest BCUT2D eigenvalue weighted by Gasteiger charge is -2.34. The Morgan fingerprint density at radius 1 is 1.18 bits per heavy atom. The van der Waals surface area contributed by atoms with Crippen molar-refractivity contribution < 1.29 is 23.7 Å². The number of rotatable bonds is 8. The number of ether oxygens (including phenoxy) is 4. The van der Waals surface area contributed by atoms with E-state index in [1.807, 2.05) is 11.8 Å². The van der Waals surface area contributed by atoms with Gasteiger partial charge in [-0.3, -0.25) is 4.79 Å². The molecular formula is C21H30ClNO5. The maximum atomic E-state index is 13.0. The molecule has 156 valence electrons. The molecule has 2 heterocycles. The molecule has 2 fully saturated rings. The van der Waals surface area contributed by atoms with Gasteiger partial charge >= 0.3 is 0 Å². The monoisotopic (exact) mass is 411 g/mol. The fourth-order valence-corrected chi connectivity index (χ4v) is 3.88. The Morgan fingerprint density at radius 2 is 1.89 bits per heavy atom. The minimum atomic E-state index is -0.115. The Kier molecular flexibility index (Phi) is 7.82. The van der Waals surface area contributed by atoms with Gasteiger partial charge in [0.05, 0.1) is 31.5 Å². The number of carbonyl (C=O) groups is 1. The molecule has 6 nitrogen and oxygen atoms in total. The number of piperidine rings is 1. The van der Waals surface area contributed by atoms with E-state index in [0.29, 0.717) is 67.5 Å². The molecule has 0 spiro atoms. The molecule has 0 atom stereocenters. The zero-order chi connectivity index (χ0) is 19.9. The van der Waals surface area contributed by atoms with Crippen molar-refractivity contribution in [1.82, 2.24) is 4.90 Å². The summed E-state index contributed by atoms with van der Waals surface area (Å²) in [5, 5.41) is 0.410. The van der Waals surface area contributed by atoms with Crippen LogP contribution in [0.2, 0.25) is 5.02 Å². The zero-order valence-electron chi connectivity index (χ0n) is 16.7. The third-order valence-corrected chi connectivity index (χ3v) is 5.44. The van der Waals surface area contributed by atoms with Crippen LogP contribution in [0.1, 0.15) is 49.9 Å². The summed E-state index contributed by atoms with van der Waals surface area (Å²) in [4.78, 5) is 14.9. The van der Waals surface area contributed by atoms with Crippen molar-refractivity contribution in [2.45, 2.75) is 45.8 Å². The van der Waals surface area contributed by atoms with Crippen LogP contribution in [-0.4, -0.2) is 56.6 Å². The summed E-state index contributed by atoms with van der Waals surface area (Å²) in [7, 11) is 0. The van der Waals surface area contributed by atoms with Crippen LogP contribution in [0.15, 0.2) is 12.1 Å². The summed E-state index contributed by atoms with van der Waals surface area (Å²) >= 11 is 6.43. The second-order valence-electron chi connectivity index (χ2n) is 7.16. The molecule has 1 amide bonds. The van der Waals surface area contributed by atoms with Gasteiger partial charge < -0.3 is 23.8 Å². The van der Waals surface area contributed by atoms with E-state index in [2.05, 4.69) is 6.92 Å². The fraction of sp³-hybridized carbons (Fsp3) is 0.667. The number of likely N-dealkylation sites (tertiary alicyclic amines) is 1. The maximum Gasteiger partial charge on any atom is 0.254 e. The molecule has 1 aromatic carbocycles. The Morgan fingerprint density at radius 3 is 2.54 bits per heavy atom. The molecule has 28 heavy (non-hydrogen) atoms. The third-order valence-electron chi connectivity index (χ3n) is 5.16. The van der Waals surface area contributed by atoms with Crippen LogP contribution in [0.5, 0.6) is 11.5 Å². The maximum absolute atomic E-state index is 13.0. The number of hydrogen-bond donors (Lipinski definition) is 0. The van der Waals surface area contributed by atoms with Gasteiger partial charge in [0.15, 0.2) is 17.8 Å². The molecule has 3 rings (SSSR count). The number of hydrogen-bond acceptors (Lipinski definition) is 5. The lowest BCUT2D eigenvalue weighted by atomic mass is 9.95. The summed E-state index contributed by atoms with van der Waals surface area (Å²) in [6, 6.07) is 3.43. The highest BCUT2D eigenvalue weighted by atomic mass is 35.5. The predicted octanol–water partition coefficient (Wildman–Crippen LogP) is 4.14. The molecule has 7 heteroatoms. The van der Waals surface area contributed by atoms with E-state index in [9.17, 15) is 4.79 Å². The molecular weight excluding hydrogens is 382 g/mol. The van der Waals surface area contributed by atoms with Gasteiger partial charge in [-0.05, 0) is 38.3 Å². The molecule has 2 saturated heterocycles. The van der Waals surface area contributed by atoms with Crippen molar-refractivity contribution in [2.75, 3.05) is 39.5 Å². The highest BCUT2D eigenvalue weighted by Crippen LogP contribution is 2.37. The summed E-state index contributed by atoms with van der Waals surface area (Å²) in [5.74, 6) is 1.36. The number of carbonyl (C=O) groups excluding carboxylic acids is 1. The number of nitrogens with zero attached hydrogens (tertiary/aromatic N) is 1. The Labute approximate surface area is 172 Å². The average molecular weight is 412 g/mol. The van der Waals surface area contributed by atoms with E-state index >= 15 is 0 Å². The van der Waals surface area contributed by atoms with Crippen molar-refractivity contribution >= 4 is 17.5 Å². The fourth-order valence-electron chi connectivity index (χ4n) is 3.62. The van der Waals surface area contributed by atoms with Crippen LogP contribution in [0, 0.1) is 5.92 Å². The number of halogens is 1. The second kappa shape index (κ2) is 10.3. The molecule has 0 aliphatic carbocycles. The van der Waals surface area contributed by atoms with Crippen molar-refractivity contribution in [2.24, 2.45) is 5.92 Å². The first-order valence-electron chi connectivity index (χ1n) is 10.3. The van der Waals surface area contributed by atoms with Crippen LogP contribution in [0.4, 0.5) is 0 Å². The molecule has 0 bridgehead atoms. The third kappa shape index (κ3) is 5.10. The summed E-state index contributed by atoms with van der Waals surface area (Å²) in [6.07, 6.45) is 3.61. The first-order valence-corrected chi connectivity index (χ1v) is 10.6. The standard InChI is InChI=1S/C21H30ClNO5/c1-3-5-10-26-19-17(22)13-16(14-18(19)25-4-2)20(24)23-8-6-15(7-9-23)21-27-11-12-28-21/h13-15,21H,3-12H2,1-2H3. The van der Waals surface area contributed by atoms with E-state index in [0.717, 1.165) is 25.7 Å². The SMILES string of the molecule is CCCCOc1c(Cl)cc(C(=O)N2CCC(C3OCCO3)CC2)cc1OCC. The molecule has 0 saturated carbocycles. The van der Waals surface area contributed by atoms with Gasteiger partial charge in [-0.25, -0.2) is 0 Å². The quantitative estimate of drug-likeness (QED) is 0.601. The smallest absolute Gasteiger partial charge is 0.254 e. The van der Waals surface area contributed by atoms with Crippen LogP contribution in [-0.2, 0) is 9.47 Å². The van der Waals surface area contributed by atoms with Gasteiger partial charge in [0.2, 0.25) is 0 Å². The molecule has 0 unspecified atom stereocenters. The van der Waals surface area contributed by atoms with E-state index < -0.39 is 0 Å². The minimum absolute atomic E-state index is 0.0327. The Hall–Kier alpha value is -1.50. The van der Waals surface area contributed by atoms with Gasteiger partial charge in [-0.1, -0.05) is 24.9 Å². The Bertz CT molecular complexity index is 654. The summed E-state index contributed by atoms with van der Waals surface area (Å²) in [6.45, 7) is 7.74. The van der Waals surface area contributed by atoms with Crippen molar-refractivity contribution in [3.8, 4) is 11.5 Å². The molecule has 1 aromatic rings. The first-order chi connectivity index (χ1) is 13.6. The van der Waals surface area contributed by atoms with Crippen LogP contribution in [0.3, 0.4) is 0 Å². The lowest BCUT2D eigenvalue weighted by Crippen LogP contribution is -2.41. The van der Waals surface area contributed by atoms with Crippen LogP contribution in [0.25, 0.3) is 0 Å².